The molecule has 23 heavy (non-hydrogen) atoms. The fourth-order valence-electron chi connectivity index (χ4n) is 2.78. The van der Waals surface area contributed by atoms with Gasteiger partial charge in [0, 0.05) is 23.5 Å². The van der Waals surface area contributed by atoms with Crippen LogP contribution >= 0.6 is 22.9 Å². The summed E-state index contributed by atoms with van der Waals surface area (Å²) in [5.41, 5.74) is 2.03. The molecule has 0 spiro atoms. The Bertz CT molecular complexity index is 841. The summed E-state index contributed by atoms with van der Waals surface area (Å²) in [6.45, 7) is 7.88. The Kier molecular flexibility index (Phi) is 4.50. The molecule has 0 aliphatic carbocycles. The summed E-state index contributed by atoms with van der Waals surface area (Å²) in [4.78, 5) is 13.0. The van der Waals surface area contributed by atoms with Crippen LogP contribution in [-0.2, 0) is 0 Å². The Morgan fingerprint density at radius 2 is 1.78 bits per heavy atom. The van der Waals surface area contributed by atoms with Crippen molar-refractivity contribution in [3.05, 3.63) is 40.2 Å². The number of nitrogens with zero attached hydrogens (tertiary/aromatic N) is 3. The Morgan fingerprint density at radius 1 is 1.13 bits per heavy atom. The highest BCUT2D eigenvalue weighted by Crippen LogP contribution is 2.42. The Labute approximate surface area is 143 Å². The molecule has 0 bridgehead atoms. The minimum atomic E-state index is -0.241. The lowest BCUT2D eigenvalue weighted by molar-refractivity contribution is 0.628. The largest absolute Gasteiger partial charge is 0.356 e. The van der Waals surface area contributed by atoms with Gasteiger partial charge in [-0.25, -0.2) is 9.37 Å². The molecule has 0 aliphatic rings. The van der Waals surface area contributed by atoms with Crippen molar-refractivity contribution in [3.63, 3.8) is 0 Å². The summed E-state index contributed by atoms with van der Waals surface area (Å²) < 4.78 is 13.3. The number of thiophene rings is 1. The maximum atomic E-state index is 13.3. The highest BCUT2D eigenvalue weighted by Gasteiger charge is 2.20. The van der Waals surface area contributed by atoms with Gasteiger partial charge in [0.15, 0.2) is 0 Å². The molecular formula is C17H17ClFN3S. The third-order valence-electron chi connectivity index (χ3n) is 3.88. The van der Waals surface area contributed by atoms with Gasteiger partial charge in [-0.1, -0.05) is 12.1 Å². The predicted molar refractivity (Wildman–Crippen MR) is 96.1 cm³/mol. The summed E-state index contributed by atoms with van der Waals surface area (Å²) in [5.74, 6) is 0.600. The number of benzene rings is 1. The van der Waals surface area contributed by atoms with E-state index in [-0.39, 0.29) is 11.1 Å². The van der Waals surface area contributed by atoms with Crippen LogP contribution in [0.25, 0.3) is 21.3 Å². The first kappa shape index (κ1) is 16.1. The molecule has 120 valence electrons. The van der Waals surface area contributed by atoms with Gasteiger partial charge in [0.1, 0.15) is 16.5 Å². The van der Waals surface area contributed by atoms with Crippen molar-refractivity contribution < 1.29 is 4.39 Å². The van der Waals surface area contributed by atoms with E-state index >= 15 is 0 Å². The van der Waals surface area contributed by atoms with Gasteiger partial charge in [-0.05, 0) is 50.1 Å². The maximum Gasteiger partial charge on any atom is 0.225 e. The van der Waals surface area contributed by atoms with Crippen LogP contribution in [0.15, 0.2) is 24.3 Å². The van der Waals surface area contributed by atoms with Crippen molar-refractivity contribution in [2.75, 3.05) is 18.0 Å². The van der Waals surface area contributed by atoms with Crippen molar-refractivity contribution in [2.45, 2.75) is 20.8 Å². The number of aryl methyl sites for hydroxylation is 1. The number of rotatable bonds is 4. The van der Waals surface area contributed by atoms with Crippen LogP contribution in [0, 0.1) is 12.7 Å². The summed E-state index contributed by atoms with van der Waals surface area (Å²) in [6, 6.07) is 6.55. The lowest BCUT2D eigenvalue weighted by Crippen LogP contribution is -2.23. The third kappa shape index (κ3) is 2.91. The number of aromatic nitrogens is 2. The van der Waals surface area contributed by atoms with E-state index in [2.05, 4.69) is 28.7 Å². The van der Waals surface area contributed by atoms with E-state index in [1.165, 1.54) is 12.1 Å². The monoisotopic (exact) mass is 349 g/mol. The fourth-order valence-corrected chi connectivity index (χ4v) is 4.04. The number of halogens is 2. The first-order chi connectivity index (χ1) is 11.0. The standard InChI is InChI=1S/C17H17ClFN3S/c1-4-22(5-2)15-14-13(11-6-8-12(19)9-7-11)10(3)23-16(14)21-17(18)20-15/h6-9H,4-5H2,1-3H3. The molecule has 2 aromatic heterocycles. The highest BCUT2D eigenvalue weighted by atomic mass is 35.5. The van der Waals surface area contributed by atoms with E-state index in [0.717, 1.165) is 45.1 Å². The van der Waals surface area contributed by atoms with Crippen molar-refractivity contribution in [1.82, 2.24) is 9.97 Å². The van der Waals surface area contributed by atoms with Gasteiger partial charge in [0.2, 0.25) is 5.28 Å². The number of fused-ring (bicyclic) bond motifs is 1. The molecule has 3 aromatic rings. The maximum absolute atomic E-state index is 13.3. The van der Waals surface area contributed by atoms with E-state index in [0.29, 0.717) is 0 Å². The molecular weight excluding hydrogens is 333 g/mol. The molecule has 0 saturated heterocycles. The molecule has 0 atom stereocenters. The predicted octanol–water partition coefficient (Wildman–Crippen LogP) is 5.31. The summed E-state index contributed by atoms with van der Waals surface area (Å²) in [5, 5.41) is 1.25. The summed E-state index contributed by atoms with van der Waals surface area (Å²) in [6.07, 6.45) is 0. The van der Waals surface area contributed by atoms with Gasteiger partial charge in [0.25, 0.3) is 0 Å². The zero-order chi connectivity index (χ0) is 16.6. The molecule has 3 nitrogen and oxygen atoms in total. The average molecular weight is 350 g/mol. The lowest BCUT2D eigenvalue weighted by Gasteiger charge is -2.21. The second-order valence-corrected chi connectivity index (χ2v) is 6.75. The van der Waals surface area contributed by atoms with Crippen LogP contribution in [0.3, 0.4) is 0 Å². The zero-order valence-electron chi connectivity index (χ0n) is 13.2. The Balaban J connectivity index is 2.33. The van der Waals surface area contributed by atoms with Gasteiger partial charge in [0.05, 0.1) is 5.39 Å². The molecule has 3 rings (SSSR count). The molecule has 0 N–H and O–H groups in total. The van der Waals surface area contributed by atoms with Crippen LogP contribution in [0.5, 0.6) is 0 Å². The molecule has 0 unspecified atom stereocenters. The number of hydrogen-bond donors (Lipinski definition) is 0. The smallest absolute Gasteiger partial charge is 0.225 e. The number of hydrogen-bond acceptors (Lipinski definition) is 4. The second-order valence-electron chi connectivity index (χ2n) is 5.21. The summed E-state index contributed by atoms with van der Waals surface area (Å²) >= 11 is 7.71. The molecule has 6 heteroatoms. The summed E-state index contributed by atoms with van der Waals surface area (Å²) in [7, 11) is 0. The Hall–Kier alpha value is -1.72. The van der Waals surface area contributed by atoms with Crippen LogP contribution in [0.1, 0.15) is 18.7 Å². The van der Waals surface area contributed by atoms with Crippen LogP contribution in [0.4, 0.5) is 10.2 Å². The zero-order valence-corrected chi connectivity index (χ0v) is 14.8. The first-order valence-corrected chi connectivity index (χ1v) is 8.72. The van der Waals surface area contributed by atoms with Gasteiger partial charge in [-0.3, -0.25) is 0 Å². The quantitative estimate of drug-likeness (QED) is 0.598. The molecule has 0 radical (unpaired) electrons. The average Bonchev–Trinajstić information content (AvgIpc) is 2.85. The van der Waals surface area contributed by atoms with Gasteiger partial charge >= 0.3 is 0 Å². The van der Waals surface area contributed by atoms with Gasteiger partial charge in [-0.15, -0.1) is 11.3 Å². The minimum absolute atomic E-state index is 0.241. The van der Waals surface area contributed by atoms with Crippen molar-refractivity contribution in [2.24, 2.45) is 0 Å². The van der Waals surface area contributed by atoms with Crippen LogP contribution in [0.2, 0.25) is 5.28 Å². The molecule has 0 saturated carbocycles. The van der Waals surface area contributed by atoms with Gasteiger partial charge < -0.3 is 4.90 Å². The molecule has 0 aliphatic heterocycles. The second kappa shape index (κ2) is 6.42. The van der Waals surface area contributed by atoms with Crippen molar-refractivity contribution in [1.29, 1.82) is 0 Å². The molecule has 0 amide bonds. The Morgan fingerprint density at radius 3 is 2.39 bits per heavy atom. The van der Waals surface area contributed by atoms with Crippen molar-refractivity contribution in [3.8, 4) is 11.1 Å². The van der Waals surface area contributed by atoms with E-state index < -0.39 is 0 Å². The van der Waals surface area contributed by atoms with Gasteiger partial charge in [-0.2, -0.15) is 4.98 Å². The lowest BCUT2D eigenvalue weighted by atomic mass is 10.0. The SMILES string of the molecule is CCN(CC)c1nc(Cl)nc2sc(C)c(-c3ccc(F)cc3)c12. The first-order valence-electron chi connectivity index (χ1n) is 7.52. The third-order valence-corrected chi connectivity index (χ3v) is 5.05. The van der Waals surface area contributed by atoms with E-state index in [4.69, 9.17) is 11.6 Å². The number of anilines is 1. The van der Waals surface area contributed by atoms with E-state index in [9.17, 15) is 4.39 Å². The topological polar surface area (TPSA) is 29.0 Å². The van der Waals surface area contributed by atoms with E-state index in [1.54, 1.807) is 23.5 Å². The minimum Gasteiger partial charge on any atom is -0.356 e. The van der Waals surface area contributed by atoms with Crippen LogP contribution in [-0.4, -0.2) is 23.1 Å². The normalized spacial score (nSPS) is 11.2. The highest BCUT2D eigenvalue weighted by molar-refractivity contribution is 7.19. The van der Waals surface area contributed by atoms with Crippen LogP contribution < -0.4 is 4.90 Å². The molecule has 0 fully saturated rings. The van der Waals surface area contributed by atoms with Crippen molar-refractivity contribution >= 4 is 39.0 Å². The van der Waals surface area contributed by atoms with E-state index in [1.807, 2.05) is 6.92 Å². The molecule has 2 heterocycles. The fraction of sp³-hybridized carbons (Fsp3) is 0.294. The molecule has 1 aromatic carbocycles.